The molecule has 3 heteroatoms. The van der Waals surface area contributed by atoms with Crippen LogP contribution in [-0.2, 0) is 0 Å². The Bertz CT molecular complexity index is 519. The number of rotatable bonds is 1. The van der Waals surface area contributed by atoms with E-state index in [1.807, 2.05) is 24.3 Å². The molecule has 0 spiro atoms. The minimum atomic E-state index is -0.0350. The Morgan fingerprint density at radius 1 is 1.33 bits per heavy atom. The smallest absolute Gasteiger partial charge is 0.0992 e. The fourth-order valence-corrected chi connectivity index (χ4v) is 2.73. The van der Waals surface area contributed by atoms with Gasteiger partial charge in [-0.1, -0.05) is 6.07 Å². The van der Waals surface area contributed by atoms with Crippen LogP contribution in [0.1, 0.15) is 32.3 Å². The van der Waals surface area contributed by atoms with Gasteiger partial charge in [-0.15, -0.1) is 0 Å². The third-order valence-electron chi connectivity index (χ3n) is 3.65. The van der Waals surface area contributed by atoms with Crippen LogP contribution in [0, 0.1) is 28.6 Å². The van der Waals surface area contributed by atoms with Crippen LogP contribution in [0.5, 0.6) is 0 Å². The van der Waals surface area contributed by atoms with E-state index in [1.165, 1.54) is 0 Å². The van der Waals surface area contributed by atoms with Gasteiger partial charge in [0.05, 0.1) is 23.6 Å². The van der Waals surface area contributed by atoms with E-state index in [0.29, 0.717) is 5.56 Å². The first kappa shape index (κ1) is 12.5. The number of anilines is 1. The first-order chi connectivity index (χ1) is 8.56. The zero-order valence-electron chi connectivity index (χ0n) is 10.8. The predicted octanol–water partition coefficient (Wildman–Crippen LogP) is 3.08. The molecule has 0 bridgehead atoms. The molecule has 1 unspecified atom stereocenters. The molecule has 18 heavy (non-hydrogen) atoms. The number of hydrogen-bond donors (Lipinski definition) is 0. The van der Waals surface area contributed by atoms with Crippen molar-refractivity contribution in [2.24, 2.45) is 5.92 Å². The van der Waals surface area contributed by atoms with Gasteiger partial charge in [-0.3, -0.25) is 0 Å². The van der Waals surface area contributed by atoms with Crippen molar-refractivity contribution in [2.75, 3.05) is 11.4 Å². The Labute approximate surface area is 108 Å². The molecule has 1 aromatic rings. The van der Waals surface area contributed by atoms with E-state index in [0.717, 1.165) is 25.1 Å². The Hall–Kier alpha value is -2.00. The van der Waals surface area contributed by atoms with Crippen LogP contribution in [0.15, 0.2) is 24.3 Å². The van der Waals surface area contributed by atoms with Crippen LogP contribution in [-0.4, -0.2) is 12.1 Å². The van der Waals surface area contributed by atoms with Crippen molar-refractivity contribution >= 4 is 5.69 Å². The van der Waals surface area contributed by atoms with Crippen LogP contribution < -0.4 is 4.90 Å². The van der Waals surface area contributed by atoms with E-state index in [4.69, 9.17) is 10.5 Å². The molecule has 0 amide bonds. The lowest BCUT2D eigenvalue weighted by Gasteiger charge is -2.45. The molecule has 1 aliphatic heterocycles. The molecule has 1 aliphatic rings. The summed E-state index contributed by atoms with van der Waals surface area (Å²) in [6.45, 7) is 5.20. The fraction of sp³-hybridized carbons (Fsp3) is 0.467. The summed E-state index contributed by atoms with van der Waals surface area (Å²) in [4.78, 5) is 2.31. The topological polar surface area (TPSA) is 50.8 Å². The standard InChI is InChI=1S/C15H17N3/c1-15(2)9-13(11-17)6-7-18(15)14-5-3-4-12(8-14)10-16/h3-5,8,13H,6-7,9H2,1-2H3. The molecule has 0 radical (unpaired) electrons. The highest BCUT2D eigenvalue weighted by molar-refractivity contribution is 5.53. The van der Waals surface area contributed by atoms with Gasteiger partial charge in [0.2, 0.25) is 0 Å². The summed E-state index contributed by atoms with van der Waals surface area (Å²) >= 11 is 0. The molecule has 1 saturated heterocycles. The highest BCUT2D eigenvalue weighted by Crippen LogP contribution is 2.35. The summed E-state index contributed by atoms with van der Waals surface area (Å²) in [7, 11) is 0. The van der Waals surface area contributed by atoms with Gasteiger partial charge in [-0.2, -0.15) is 10.5 Å². The summed E-state index contributed by atoms with van der Waals surface area (Å²) in [5, 5.41) is 18.0. The maximum atomic E-state index is 9.05. The first-order valence-corrected chi connectivity index (χ1v) is 6.24. The van der Waals surface area contributed by atoms with Crippen LogP contribution in [0.25, 0.3) is 0 Å². The maximum Gasteiger partial charge on any atom is 0.0992 e. The van der Waals surface area contributed by atoms with Crippen molar-refractivity contribution in [1.29, 1.82) is 10.5 Å². The molecule has 0 aromatic heterocycles. The molecular formula is C15H17N3. The molecule has 1 fully saturated rings. The van der Waals surface area contributed by atoms with Gasteiger partial charge in [-0.25, -0.2) is 0 Å². The van der Waals surface area contributed by atoms with Crippen molar-refractivity contribution in [3.05, 3.63) is 29.8 Å². The number of nitriles is 2. The molecule has 2 rings (SSSR count). The van der Waals surface area contributed by atoms with Crippen LogP contribution >= 0.6 is 0 Å². The van der Waals surface area contributed by atoms with Gasteiger partial charge >= 0.3 is 0 Å². The van der Waals surface area contributed by atoms with Crippen molar-refractivity contribution in [1.82, 2.24) is 0 Å². The van der Waals surface area contributed by atoms with E-state index < -0.39 is 0 Å². The van der Waals surface area contributed by atoms with E-state index >= 15 is 0 Å². The lowest BCUT2D eigenvalue weighted by Crippen LogP contribution is -2.50. The average molecular weight is 239 g/mol. The van der Waals surface area contributed by atoms with Gasteiger partial charge in [0.25, 0.3) is 0 Å². The van der Waals surface area contributed by atoms with E-state index in [2.05, 4.69) is 30.9 Å². The average Bonchev–Trinajstić information content (AvgIpc) is 2.37. The Morgan fingerprint density at radius 2 is 2.11 bits per heavy atom. The Balaban J connectivity index is 2.28. The van der Waals surface area contributed by atoms with Gasteiger partial charge in [0.15, 0.2) is 0 Å². The minimum absolute atomic E-state index is 0.0350. The van der Waals surface area contributed by atoms with Crippen molar-refractivity contribution < 1.29 is 0 Å². The van der Waals surface area contributed by atoms with Crippen molar-refractivity contribution in [3.8, 4) is 12.1 Å². The second kappa shape index (κ2) is 4.70. The van der Waals surface area contributed by atoms with E-state index in [-0.39, 0.29) is 11.5 Å². The lowest BCUT2D eigenvalue weighted by atomic mass is 9.83. The van der Waals surface area contributed by atoms with Crippen LogP contribution in [0.4, 0.5) is 5.69 Å². The zero-order chi connectivity index (χ0) is 13.2. The highest BCUT2D eigenvalue weighted by Gasteiger charge is 2.34. The molecule has 0 saturated carbocycles. The molecule has 0 aliphatic carbocycles. The van der Waals surface area contributed by atoms with Gasteiger partial charge in [-0.05, 0) is 44.9 Å². The van der Waals surface area contributed by atoms with Crippen molar-refractivity contribution in [3.63, 3.8) is 0 Å². The predicted molar refractivity (Wildman–Crippen MR) is 70.9 cm³/mol. The number of hydrogen-bond acceptors (Lipinski definition) is 3. The molecule has 0 N–H and O–H groups in total. The second-order valence-electron chi connectivity index (χ2n) is 5.45. The van der Waals surface area contributed by atoms with Crippen LogP contribution in [0.3, 0.4) is 0 Å². The minimum Gasteiger partial charge on any atom is -0.366 e. The largest absolute Gasteiger partial charge is 0.366 e. The molecule has 3 nitrogen and oxygen atoms in total. The van der Waals surface area contributed by atoms with Crippen LogP contribution in [0.2, 0.25) is 0 Å². The normalized spacial score (nSPS) is 22.0. The zero-order valence-corrected chi connectivity index (χ0v) is 10.8. The molecule has 92 valence electrons. The van der Waals surface area contributed by atoms with Crippen molar-refractivity contribution in [2.45, 2.75) is 32.2 Å². The van der Waals surface area contributed by atoms with Gasteiger partial charge in [0.1, 0.15) is 0 Å². The summed E-state index contributed by atoms with van der Waals surface area (Å²) in [5.41, 5.74) is 1.73. The molecule has 1 heterocycles. The maximum absolute atomic E-state index is 9.05. The summed E-state index contributed by atoms with van der Waals surface area (Å²) < 4.78 is 0. The van der Waals surface area contributed by atoms with Gasteiger partial charge in [0, 0.05) is 17.8 Å². The lowest BCUT2D eigenvalue weighted by molar-refractivity contribution is 0.315. The summed E-state index contributed by atoms with van der Waals surface area (Å²) in [6, 6.07) is 12.2. The van der Waals surface area contributed by atoms with E-state index in [9.17, 15) is 0 Å². The quantitative estimate of drug-likeness (QED) is 0.756. The fourth-order valence-electron chi connectivity index (χ4n) is 2.73. The number of nitrogens with zero attached hydrogens (tertiary/aromatic N) is 3. The second-order valence-corrected chi connectivity index (χ2v) is 5.45. The first-order valence-electron chi connectivity index (χ1n) is 6.24. The molecule has 1 atom stereocenters. The van der Waals surface area contributed by atoms with E-state index in [1.54, 1.807) is 0 Å². The Kier molecular flexibility index (Phi) is 3.26. The Morgan fingerprint density at radius 3 is 2.72 bits per heavy atom. The number of piperidine rings is 1. The monoisotopic (exact) mass is 239 g/mol. The molecular weight excluding hydrogens is 222 g/mol. The third kappa shape index (κ3) is 2.31. The van der Waals surface area contributed by atoms with Gasteiger partial charge < -0.3 is 4.90 Å². The number of benzene rings is 1. The third-order valence-corrected chi connectivity index (χ3v) is 3.65. The SMILES string of the molecule is CC1(C)CC(C#N)CCN1c1cccc(C#N)c1. The summed E-state index contributed by atoms with van der Waals surface area (Å²) in [6.07, 6.45) is 1.77. The highest BCUT2D eigenvalue weighted by atomic mass is 15.2. The summed E-state index contributed by atoms with van der Waals surface area (Å²) in [5.74, 6) is 0.149. The molecule has 1 aromatic carbocycles.